The van der Waals surface area contributed by atoms with Crippen molar-refractivity contribution in [3.05, 3.63) is 99.7 Å². The third-order valence-corrected chi connectivity index (χ3v) is 7.67. The molecule has 0 aliphatic carbocycles. The number of benzene rings is 2. The first kappa shape index (κ1) is 21.2. The van der Waals surface area contributed by atoms with E-state index in [2.05, 4.69) is 10.3 Å². The van der Waals surface area contributed by atoms with Gasteiger partial charge in [-0.15, -0.1) is 0 Å². The summed E-state index contributed by atoms with van der Waals surface area (Å²) in [6, 6.07) is 15.5. The van der Waals surface area contributed by atoms with Crippen LogP contribution in [0.5, 0.6) is 0 Å². The Bertz CT molecular complexity index is 1510. The molecule has 2 aromatic heterocycles. The van der Waals surface area contributed by atoms with E-state index in [1.807, 2.05) is 24.3 Å². The average Bonchev–Trinajstić information content (AvgIpc) is 3.36. The molecule has 33 heavy (non-hydrogen) atoms. The van der Waals surface area contributed by atoms with E-state index in [0.717, 1.165) is 11.1 Å². The Morgan fingerprint density at radius 1 is 1.09 bits per heavy atom. The van der Waals surface area contributed by atoms with Crippen molar-refractivity contribution >= 4 is 26.8 Å². The maximum atomic E-state index is 13.3. The summed E-state index contributed by atoms with van der Waals surface area (Å²) in [5, 5.41) is 2.77. The summed E-state index contributed by atoms with van der Waals surface area (Å²) in [5.41, 5.74) is 1.92. The fraction of sp³-hybridized carbons (Fsp3) is 0.167. The predicted molar refractivity (Wildman–Crippen MR) is 122 cm³/mol. The smallest absolute Gasteiger partial charge is 0.257 e. The van der Waals surface area contributed by atoms with Crippen molar-refractivity contribution in [2.75, 3.05) is 6.54 Å². The van der Waals surface area contributed by atoms with Gasteiger partial charge in [0.2, 0.25) is 15.5 Å². The third kappa shape index (κ3) is 3.96. The number of fused-ring (bicyclic) bond motifs is 2. The maximum Gasteiger partial charge on any atom is 0.257 e. The molecule has 2 aromatic carbocycles. The number of hydrogen-bond acceptors (Lipinski definition) is 5. The number of pyridine rings is 1. The molecule has 1 aliphatic heterocycles. The summed E-state index contributed by atoms with van der Waals surface area (Å²) in [4.78, 5) is 28.5. The van der Waals surface area contributed by atoms with Gasteiger partial charge in [-0.05, 0) is 47.9 Å². The minimum Gasteiger partial charge on any atom is -0.467 e. The average molecular weight is 464 g/mol. The van der Waals surface area contributed by atoms with Gasteiger partial charge in [0.15, 0.2) is 0 Å². The monoisotopic (exact) mass is 463 g/mol. The van der Waals surface area contributed by atoms with Crippen molar-refractivity contribution in [3.8, 4) is 0 Å². The lowest BCUT2D eigenvalue weighted by molar-refractivity contribution is 0.0947. The highest BCUT2D eigenvalue weighted by Gasteiger charge is 2.28. The molecule has 0 bridgehead atoms. The number of sulfonamides is 1. The molecule has 1 aliphatic rings. The van der Waals surface area contributed by atoms with Crippen molar-refractivity contribution in [1.29, 1.82) is 0 Å². The highest BCUT2D eigenvalue weighted by molar-refractivity contribution is 7.89. The Hall–Kier alpha value is -3.69. The number of carbonyl (C=O) groups is 1. The normalized spacial score (nSPS) is 14.2. The minimum atomic E-state index is -3.82. The van der Waals surface area contributed by atoms with Crippen LogP contribution < -0.4 is 10.7 Å². The van der Waals surface area contributed by atoms with Crippen LogP contribution in [0.15, 0.2) is 81.2 Å². The first-order valence-electron chi connectivity index (χ1n) is 10.5. The van der Waals surface area contributed by atoms with Gasteiger partial charge in [-0.1, -0.05) is 24.3 Å². The lowest BCUT2D eigenvalue weighted by Crippen LogP contribution is -2.36. The van der Waals surface area contributed by atoms with E-state index >= 15 is 0 Å². The molecule has 8 nitrogen and oxygen atoms in total. The molecule has 0 atom stereocenters. The number of aromatic nitrogens is 1. The number of furan rings is 1. The van der Waals surface area contributed by atoms with Gasteiger partial charge in [-0.25, -0.2) is 8.42 Å². The van der Waals surface area contributed by atoms with E-state index in [1.54, 1.807) is 18.2 Å². The molecular formula is C24H21N3O5S. The molecular weight excluding hydrogens is 442 g/mol. The first-order valence-corrected chi connectivity index (χ1v) is 11.9. The standard InChI is InChI=1S/C24H21N3O5S/c28-23-20-12-19(33(30,31)27-10-9-16-4-1-2-5-17(16)15-27)7-8-22(20)25-14-21(23)24(29)26-13-18-6-3-11-32-18/h1-8,11-12,14H,9-10,13,15H2,(H,25,28)(H,26,29). The van der Waals surface area contributed by atoms with Crippen LogP contribution in [0.4, 0.5) is 0 Å². The highest BCUT2D eigenvalue weighted by atomic mass is 32.2. The van der Waals surface area contributed by atoms with Crippen LogP contribution in [0.3, 0.4) is 0 Å². The molecule has 0 saturated carbocycles. The zero-order valence-corrected chi connectivity index (χ0v) is 18.4. The molecule has 3 heterocycles. The second kappa shape index (κ2) is 8.34. The second-order valence-electron chi connectivity index (χ2n) is 7.86. The van der Waals surface area contributed by atoms with Gasteiger partial charge in [0.1, 0.15) is 11.3 Å². The minimum absolute atomic E-state index is 0.0213. The van der Waals surface area contributed by atoms with Gasteiger partial charge in [-0.3, -0.25) is 9.59 Å². The molecule has 2 N–H and O–H groups in total. The number of carbonyl (C=O) groups excluding carboxylic acids is 1. The Morgan fingerprint density at radius 2 is 1.91 bits per heavy atom. The lowest BCUT2D eigenvalue weighted by Gasteiger charge is -2.28. The van der Waals surface area contributed by atoms with E-state index in [-0.39, 0.29) is 28.9 Å². The fourth-order valence-electron chi connectivity index (χ4n) is 4.03. The molecule has 0 radical (unpaired) electrons. The van der Waals surface area contributed by atoms with E-state index in [9.17, 15) is 18.0 Å². The van der Waals surface area contributed by atoms with Crippen molar-refractivity contribution in [3.63, 3.8) is 0 Å². The number of rotatable bonds is 5. The summed E-state index contributed by atoms with van der Waals surface area (Å²) in [7, 11) is -3.82. The number of nitrogens with one attached hydrogen (secondary N) is 2. The van der Waals surface area contributed by atoms with Crippen molar-refractivity contribution in [1.82, 2.24) is 14.6 Å². The van der Waals surface area contributed by atoms with Crippen LogP contribution >= 0.6 is 0 Å². The topological polar surface area (TPSA) is 112 Å². The zero-order chi connectivity index (χ0) is 23.0. The summed E-state index contributed by atoms with van der Waals surface area (Å²) in [6.07, 6.45) is 3.45. The van der Waals surface area contributed by atoms with E-state index in [1.165, 1.54) is 28.9 Å². The SMILES string of the molecule is O=C(NCc1ccco1)c1c[nH]c2ccc(S(=O)(=O)N3CCc4ccccc4C3)cc2c1=O. The Balaban J connectivity index is 1.45. The van der Waals surface area contributed by atoms with Gasteiger partial charge >= 0.3 is 0 Å². The van der Waals surface area contributed by atoms with Crippen LogP contribution in [0.1, 0.15) is 27.2 Å². The quantitative estimate of drug-likeness (QED) is 0.473. The molecule has 168 valence electrons. The van der Waals surface area contributed by atoms with Gasteiger partial charge in [0.05, 0.1) is 17.7 Å². The molecule has 5 rings (SSSR count). The summed E-state index contributed by atoms with van der Waals surface area (Å²) in [6.45, 7) is 0.777. The number of hydrogen-bond donors (Lipinski definition) is 2. The van der Waals surface area contributed by atoms with Crippen LogP contribution in [-0.4, -0.2) is 30.2 Å². The summed E-state index contributed by atoms with van der Waals surface area (Å²) >= 11 is 0. The molecule has 0 saturated heterocycles. The molecule has 9 heteroatoms. The Labute approximate surface area is 189 Å². The van der Waals surface area contributed by atoms with E-state index in [4.69, 9.17) is 4.42 Å². The molecule has 0 fully saturated rings. The molecule has 0 unspecified atom stereocenters. The number of aromatic amines is 1. The van der Waals surface area contributed by atoms with Crippen molar-refractivity contribution in [2.24, 2.45) is 0 Å². The van der Waals surface area contributed by atoms with Crippen LogP contribution in [0.25, 0.3) is 10.9 Å². The Kier molecular flexibility index (Phi) is 5.35. The van der Waals surface area contributed by atoms with Gasteiger partial charge in [0, 0.05) is 30.2 Å². The Morgan fingerprint density at radius 3 is 2.70 bits per heavy atom. The summed E-state index contributed by atoms with van der Waals surface area (Å²) in [5.74, 6) is -0.0208. The van der Waals surface area contributed by atoms with Gasteiger partial charge in [-0.2, -0.15) is 4.31 Å². The molecule has 0 spiro atoms. The second-order valence-corrected chi connectivity index (χ2v) is 9.80. The fourth-order valence-corrected chi connectivity index (χ4v) is 5.47. The molecule has 4 aromatic rings. The van der Waals surface area contributed by atoms with E-state index < -0.39 is 21.4 Å². The number of H-pyrrole nitrogens is 1. The predicted octanol–water partition coefficient (Wildman–Crippen LogP) is 2.80. The zero-order valence-electron chi connectivity index (χ0n) is 17.6. The van der Waals surface area contributed by atoms with Crippen LogP contribution in [-0.2, 0) is 29.5 Å². The first-order chi connectivity index (χ1) is 15.9. The third-order valence-electron chi connectivity index (χ3n) is 5.83. The lowest BCUT2D eigenvalue weighted by atomic mass is 10.0. The van der Waals surface area contributed by atoms with Crippen LogP contribution in [0.2, 0.25) is 0 Å². The van der Waals surface area contributed by atoms with Crippen molar-refractivity contribution < 1.29 is 17.6 Å². The number of amides is 1. The van der Waals surface area contributed by atoms with Gasteiger partial charge in [0.25, 0.3) is 5.91 Å². The molecule has 1 amide bonds. The van der Waals surface area contributed by atoms with E-state index in [0.29, 0.717) is 24.2 Å². The van der Waals surface area contributed by atoms with Gasteiger partial charge < -0.3 is 14.7 Å². The van der Waals surface area contributed by atoms with Crippen LogP contribution in [0, 0.1) is 0 Å². The number of nitrogens with zero attached hydrogens (tertiary/aromatic N) is 1. The highest BCUT2D eigenvalue weighted by Crippen LogP contribution is 2.26. The largest absolute Gasteiger partial charge is 0.467 e. The van der Waals surface area contributed by atoms with Crippen molar-refractivity contribution in [2.45, 2.75) is 24.4 Å². The summed E-state index contributed by atoms with van der Waals surface area (Å²) < 4.78 is 33.3. The maximum absolute atomic E-state index is 13.3.